The highest BCUT2D eigenvalue weighted by Gasteiger charge is 2.36. The molecule has 0 unspecified atom stereocenters. The topological polar surface area (TPSA) is 50.3 Å². The molecule has 0 bridgehead atoms. The van der Waals surface area contributed by atoms with Crippen molar-refractivity contribution in [3.05, 3.63) is 23.5 Å². The normalized spacial score (nSPS) is 15.4. The van der Waals surface area contributed by atoms with Crippen LogP contribution in [0.4, 0.5) is 14.5 Å². The molecular formula is C10H12F2N2O2S. The van der Waals surface area contributed by atoms with Crippen LogP contribution in [0.25, 0.3) is 0 Å². The molecule has 2 rings (SSSR count). The Balaban J connectivity index is 2.46. The van der Waals surface area contributed by atoms with Crippen molar-refractivity contribution in [1.29, 1.82) is 0 Å². The van der Waals surface area contributed by atoms with Crippen LogP contribution in [0, 0.1) is 0 Å². The lowest BCUT2D eigenvalue weighted by molar-refractivity contribution is 0.234. The lowest BCUT2D eigenvalue weighted by atomic mass is 10.2. The number of fused-ring (bicyclic) bond motifs is 1. The Kier molecular flexibility index (Phi) is 3.03. The number of aryl methyl sites for hydroxylation is 1. The second-order valence-electron chi connectivity index (χ2n) is 3.79. The Hall–Kier alpha value is -1.24. The van der Waals surface area contributed by atoms with Gasteiger partial charge in [0.2, 0.25) is 0 Å². The number of hydrogen-bond donors (Lipinski definition) is 0. The van der Waals surface area contributed by atoms with Crippen LogP contribution in [-0.2, 0) is 22.9 Å². The highest BCUT2D eigenvalue weighted by Crippen LogP contribution is 2.32. The molecule has 1 aliphatic rings. The molecule has 0 aromatic carbocycles. The summed E-state index contributed by atoms with van der Waals surface area (Å²) < 4.78 is 48.7. The third-order valence-electron chi connectivity index (χ3n) is 2.77. The number of nitrogens with zero attached hydrogens (tertiary/aromatic N) is 2. The molecule has 0 N–H and O–H groups in total. The van der Waals surface area contributed by atoms with Crippen LogP contribution in [0.2, 0.25) is 0 Å². The number of halogens is 2. The SMILES string of the molecule is CCc1cc2c(cn1)CCN2S(=O)(=O)C(F)F. The first-order chi connectivity index (χ1) is 7.96. The molecule has 94 valence electrons. The van der Waals surface area contributed by atoms with E-state index in [-0.39, 0.29) is 6.54 Å². The fraction of sp³-hybridized carbons (Fsp3) is 0.500. The number of pyridine rings is 1. The minimum atomic E-state index is -4.54. The summed E-state index contributed by atoms with van der Waals surface area (Å²) >= 11 is 0. The van der Waals surface area contributed by atoms with Gasteiger partial charge in [0.05, 0.1) is 5.69 Å². The van der Waals surface area contributed by atoms with Crippen molar-refractivity contribution in [2.24, 2.45) is 0 Å². The molecule has 7 heteroatoms. The fourth-order valence-electron chi connectivity index (χ4n) is 1.84. The predicted octanol–water partition coefficient (Wildman–Crippen LogP) is 1.56. The predicted molar refractivity (Wildman–Crippen MR) is 59.6 cm³/mol. The minimum absolute atomic E-state index is 0.0663. The van der Waals surface area contributed by atoms with Gasteiger partial charge in [-0.05, 0) is 24.5 Å². The number of alkyl halides is 2. The average Bonchev–Trinajstić information content (AvgIpc) is 2.71. The van der Waals surface area contributed by atoms with E-state index in [2.05, 4.69) is 4.98 Å². The second-order valence-corrected chi connectivity index (χ2v) is 5.61. The Morgan fingerprint density at radius 2 is 2.24 bits per heavy atom. The van der Waals surface area contributed by atoms with Crippen LogP contribution in [0.3, 0.4) is 0 Å². The van der Waals surface area contributed by atoms with E-state index in [1.54, 1.807) is 12.3 Å². The highest BCUT2D eigenvalue weighted by molar-refractivity contribution is 7.93. The zero-order valence-corrected chi connectivity index (χ0v) is 10.0. The van der Waals surface area contributed by atoms with Crippen LogP contribution in [0.15, 0.2) is 12.3 Å². The Labute approximate surface area is 98.3 Å². The standard InChI is InChI=1S/C10H12F2N2O2S/c1-2-8-5-9-7(6-13-8)3-4-14(9)17(15,16)10(11)12/h5-6,10H,2-4H2,1H3. The second kappa shape index (κ2) is 4.21. The molecule has 1 aromatic heterocycles. The molecule has 0 aliphatic carbocycles. The fourth-order valence-corrected chi connectivity index (χ4v) is 2.82. The third kappa shape index (κ3) is 1.99. The molecule has 0 radical (unpaired) electrons. The maximum absolute atomic E-state index is 12.5. The first-order valence-corrected chi connectivity index (χ1v) is 6.74. The summed E-state index contributed by atoms with van der Waals surface area (Å²) in [7, 11) is -4.54. The van der Waals surface area contributed by atoms with Crippen LogP contribution in [-0.4, -0.2) is 25.7 Å². The highest BCUT2D eigenvalue weighted by atomic mass is 32.2. The van der Waals surface area contributed by atoms with Crippen LogP contribution in [0.5, 0.6) is 0 Å². The summed E-state index contributed by atoms with van der Waals surface area (Å²) in [5.41, 5.74) is 1.74. The number of hydrogen-bond acceptors (Lipinski definition) is 3. The first-order valence-electron chi connectivity index (χ1n) is 5.24. The molecule has 0 saturated carbocycles. The largest absolute Gasteiger partial charge is 0.355 e. The zero-order valence-electron chi connectivity index (χ0n) is 9.23. The summed E-state index contributed by atoms with van der Waals surface area (Å²) in [6.07, 6.45) is 2.63. The minimum Gasteiger partial charge on any atom is -0.265 e. The van der Waals surface area contributed by atoms with E-state index < -0.39 is 15.8 Å². The molecule has 0 atom stereocenters. The van der Waals surface area contributed by atoms with E-state index in [0.717, 1.165) is 4.31 Å². The van der Waals surface area contributed by atoms with E-state index in [4.69, 9.17) is 0 Å². The molecule has 0 fully saturated rings. The van der Waals surface area contributed by atoms with Gasteiger partial charge in [0.1, 0.15) is 0 Å². The maximum atomic E-state index is 12.5. The maximum Gasteiger partial charge on any atom is 0.355 e. The summed E-state index contributed by atoms with van der Waals surface area (Å²) in [4.78, 5) is 4.12. The zero-order chi connectivity index (χ0) is 12.6. The lowest BCUT2D eigenvalue weighted by Gasteiger charge is -2.18. The molecule has 0 amide bonds. The summed E-state index contributed by atoms with van der Waals surface area (Å²) in [6.45, 7) is 1.94. The van der Waals surface area contributed by atoms with Crippen molar-refractivity contribution in [2.75, 3.05) is 10.8 Å². The van der Waals surface area contributed by atoms with Gasteiger partial charge in [0.25, 0.3) is 10.0 Å². The Bertz CT molecular complexity index is 531. The van der Waals surface area contributed by atoms with E-state index in [0.29, 0.717) is 29.8 Å². The Morgan fingerprint density at radius 3 is 2.82 bits per heavy atom. The van der Waals surface area contributed by atoms with Gasteiger partial charge in [-0.25, -0.2) is 8.42 Å². The van der Waals surface area contributed by atoms with Crippen LogP contribution >= 0.6 is 0 Å². The van der Waals surface area contributed by atoms with Gasteiger partial charge in [-0.15, -0.1) is 0 Å². The monoisotopic (exact) mass is 262 g/mol. The summed E-state index contributed by atoms with van der Waals surface area (Å²) in [5.74, 6) is -3.38. The van der Waals surface area contributed by atoms with Gasteiger partial charge in [-0.1, -0.05) is 6.92 Å². The van der Waals surface area contributed by atoms with Gasteiger partial charge in [-0.2, -0.15) is 8.78 Å². The number of anilines is 1. The Morgan fingerprint density at radius 1 is 1.53 bits per heavy atom. The molecule has 4 nitrogen and oxygen atoms in total. The van der Waals surface area contributed by atoms with E-state index in [9.17, 15) is 17.2 Å². The van der Waals surface area contributed by atoms with Crippen molar-refractivity contribution in [3.8, 4) is 0 Å². The van der Waals surface area contributed by atoms with Crippen molar-refractivity contribution in [3.63, 3.8) is 0 Å². The summed E-state index contributed by atoms with van der Waals surface area (Å²) in [5, 5.41) is 0. The van der Waals surface area contributed by atoms with Gasteiger partial charge in [0, 0.05) is 18.4 Å². The van der Waals surface area contributed by atoms with Crippen molar-refractivity contribution >= 4 is 15.7 Å². The van der Waals surface area contributed by atoms with Crippen molar-refractivity contribution in [1.82, 2.24) is 4.98 Å². The number of rotatable bonds is 3. The van der Waals surface area contributed by atoms with E-state index in [1.807, 2.05) is 6.92 Å². The average molecular weight is 262 g/mol. The van der Waals surface area contributed by atoms with Gasteiger partial charge >= 0.3 is 5.76 Å². The number of sulfonamides is 1. The van der Waals surface area contributed by atoms with Crippen molar-refractivity contribution in [2.45, 2.75) is 25.5 Å². The molecule has 0 saturated heterocycles. The van der Waals surface area contributed by atoms with E-state index in [1.165, 1.54) is 0 Å². The molecule has 0 spiro atoms. The van der Waals surface area contributed by atoms with Crippen molar-refractivity contribution < 1.29 is 17.2 Å². The molecule has 1 aromatic rings. The first kappa shape index (κ1) is 12.2. The number of aromatic nitrogens is 1. The van der Waals surface area contributed by atoms with E-state index >= 15 is 0 Å². The molecular weight excluding hydrogens is 250 g/mol. The molecule has 17 heavy (non-hydrogen) atoms. The quantitative estimate of drug-likeness (QED) is 0.830. The van der Waals surface area contributed by atoms with Crippen LogP contribution in [0.1, 0.15) is 18.2 Å². The molecule has 2 heterocycles. The van der Waals surface area contributed by atoms with Gasteiger partial charge < -0.3 is 0 Å². The smallest absolute Gasteiger partial charge is 0.265 e. The van der Waals surface area contributed by atoms with Gasteiger partial charge in [-0.3, -0.25) is 9.29 Å². The molecule has 1 aliphatic heterocycles. The van der Waals surface area contributed by atoms with Crippen LogP contribution < -0.4 is 4.31 Å². The summed E-state index contributed by atoms with van der Waals surface area (Å²) in [6, 6.07) is 1.57. The third-order valence-corrected chi connectivity index (χ3v) is 4.21. The lowest BCUT2D eigenvalue weighted by Crippen LogP contribution is -2.33. The van der Waals surface area contributed by atoms with Gasteiger partial charge in [0.15, 0.2) is 0 Å².